The maximum absolute atomic E-state index is 11.8. The smallest absolute Gasteiger partial charge is 1.00 e. The van der Waals surface area contributed by atoms with Gasteiger partial charge in [0, 0.05) is 0 Å². The van der Waals surface area contributed by atoms with E-state index >= 15 is 0 Å². The Bertz CT molecular complexity index is 435. The van der Waals surface area contributed by atoms with Gasteiger partial charge in [0.2, 0.25) is 0 Å². The van der Waals surface area contributed by atoms with Gasteiger partial charge in [-0.05, 0) is 24.5 Å². The molecule has 0 N–H and O–H groups in total. The predicted molar refractivity (Wildman–Crippen MR) is 74.0 cm³/mol. The van der Waals surface area contributed by atoms with Crippen LogP contribution >= 0.6 is 0 Å². The molecule has 0 aliphatic rings. The first-order valence-corrected chi connectivity index (χ1v) is 7.87. The molecule has 1 aromatic carbocycles. The average Bonchev–Trinajstić information content (AvgIpc) is 2.34. The van der Waals surface area contributed by atoms with Crippen LogP contribution < -0.4 is 29.6 Å². The molecule has 0 aliphatic heterocycles. The Kier molecular flexibility index (Phi) is 10.0. The minimum Gasteiger partial charge on any atom is -1.00 e. The molecule has 0 aliphatic carbocycles. The van der Waals surface area contributed by atoms with E-state index in [9.17, 15) is 8.42 Å². The third kappa shape index (κ3) is 8.10. The fourth-order valence-corrected chi connectivity index (χ4v) is 2.62. The molecule has 0 atom stereocenters. The van der Waals surface area contributed by atoms with Crippen LogP contribution in [0.2, 0.25) is 0 Å². The van der Waals surface area contributed by atoms with Gasteiger partial charge in [0.25, 0.3) is 10.1 Å². The standard InChI is InChI=1S/C14H22O3S.Na.H/c1-13(2)9-5-4-8-12-17-18(15,16)14-10-6-3-7-11-14;;/h3,6-7,10-11,13H,4-5,8-9,12H2,1-2H3;;/q;+1;-1. The largest absolute Gasteiger partial charge is 1.00 e. The molecule has 104 valence electrons. The van der Waals surface area contributed by atoms with E-state index < -0.39 is 10.1 Å². The second kappa shape index (κ2) is 9.94. The fourth-order valence-electron chi connectivity index (χ4n) is 1.66. The molecule has 0 spiro atoms. The van der Waals surface area contributed by atoms with Gasteiger partial charge in [0.15, 0.2) is 0 Å². The van der Waals surface area contributed by atoms with Crippen molar-refractivity contribution in [2.45, 2.75) is 44.4 Å². The van der Waals surface area contributed by atoms with Crippen molar-refractivity contribution in [3.05, 3.63) is 30.3 Å². The summed E-state index contributed by atoms with van der Waals surface area (Å²) in [5.74, 6) is 0.707. The van der Waals surface area contributed by atoms with Crippen LogP contribution in [0, 0.1) is 5.92 Å². The molecule has 0 saturated carbocycles. The summed E-state index contributed by atoms with van der Waals surface area (Å²) in [4.78, 5) is 0.229. The fraction of sp³-hybridized carbons (Fsp3) is 0.571. The monoisotopic (exact) mass is 294 g/mol. The van der Waals surface area contributed by atoms with Crippen LogP contribution in [-0.2, 0) is 14.3 Å². The van der Waals surface area contributed by atoms with Gasteiger partial charge >= 0.3 is 29.6 Å². The molecule has 1 rings (SSSR count). The third-order valence-electron chi connectivity index (χ3n) is 2.70. The summed E-state index contributed by atoms with van der Waals surface area (Å²) in [6.45, 7) is 4.65. The third-order valence-corrected chi connectivity index (χ3v) is 4.02. The van der Waals surface area contributed by atoms with Crippen LogP contribution in [0.4, 0.5) is 0 Å². The molecule has 1 aromatic rings. The van der Waals surface area contributed by atoms with E-state index in [1.54, 1.807) is 30.3 Å². The van der Waals surface area contributed by atoms with E-state index in [1.165, 1.54) is 6.42 Å². The molecule has 0 heterocycles. The van der Waals surface area contributed by atoms with Crippen LogP contribution in [0.25, 0.3) is 0 Å². The maximum atomic E-state index is 11.8. The number of benzene rings is 1. The van der Waals surface area contributed by atoms with E-state index in [0.717, 1.165) is 19.3 Å². The zero-order valence-corrected chi connectivity index (χ0v) is 14.9. The molecule has 0 bridgehead atoms. The molecule has 19 heavy (non-hydrogen) atoms. The van der Waals surface area contributed by atoms with Gasteiger partial charge in [0.05, 0.1) is 11.5 Å². The van der Waals surface area contributed by atoms with Gasteiger partial charge in [-0.1, -0.05) is 51.3 Å². The second-order valence-electron chi connectivity index (χ2n) is 4.83. The van der Waals surface area contributed by atoms with Crippen LogP contribution in [0.5, 0.6) is 0 Å². The van der Waals surface area contributed by atoms with Gasteiger partial charge in [0.1, 0.15) is 0 Å². The van der Waals surface area contributed by atoms with Crippen LogP contribution in [0.15, 0.2) is 35.2 Å². The Labute approximate surface area is 140 Å². The Morgan fingerprint density at radius 1 is 1.11 bits per heavy atom. The summed E-state index contributed by atoms with van der Waals surface area (Å²) in [5.41, 5.74) is 0. The van der Waals surface area contributed by atoms with E-state index in [0.29, 0.717) is 5.92 Å². The van der Waals surface area contributed by atoms with Gasteiger partial charge in [-0.25, -0.2) is 0 Å². The second-order valence-corrected chi connectivity index (χ2v) is 6.45. The summed E-state index contributed by atoms with van der Waals surface area (Å²) in [7, 11) is -3.56. The first kappa shape index (κ1) is 19.1. The molecular formula is C14H23NaO3S. The van der Waals surface area contributed by atoms with E-state index in [1.807, 2.05) is 0 Å². The van der Waals surface area contributed by atoms with Crippen molar-refractivity contribution in [1.82, 2.24) is 0 Å². The van der Waals surface area contributed by atoms with Crippen molar-refractivity contribution < 1.29 is 43.6 Å². The van der Waals surface area contributed by atoms with Crippen molar-refractivity contribution in [3.8, 4) is 0 Å². The molecule has 0 amide bonds. The van der Waals surface area contributed by atoms with Crippen molar-refractivity contribution in [3.63, 3.8) is 0 Å². The molecule has 5 heteroatoms. The number of hydrogen-bond acceptors (Lipinski definition) is 3. The number of unbranched alkanes of at least 4 members (excludes halogenated alkanes) is 2. The van der Waals surface area contributed by atoms with E-state index in [4.69, 9.17) is 4.18 Å². The Morgan fingerprint density at radius 2 is 1.74 bits per heavy atom. The van der Waals surface area contributed by atoms with Crippen molar-refractivity contribution in [2.75, 3.05) is 6.61 Å². The van der Waals surface area contributed by atoms with Crippen LogP contribution in [0.3, 0.4) is 0 Å². The summed E-state index contributed by atoms with van der Waals surface area (Å²) < 4.78 is 28.5. The van der Waals surface area contributed by atoms with E-state index in [-0.39, 0.29) is 42.5 Å². The van der Waals surface area contributed by atoms with Gasteiger partial charge in [-0.3, -0.25) is 4.18 Å². The van der Waals surface area contributed by atoms with Crippen molar-refractivity contribution in [1.29, 1.82) is 0 Å². The molecular weight excluding hydrogens is 271 g/mol. The van der Waals surface area contributed by atoms with Crippen molar-refractivity contribution in [2.24, 2.45) is 5.92 Å². The number of rotatable bonds is 8. The zero-order valence-electron chi connectivity index (χ0n) is 13.1. The summed E-state index contributed by atoms with van der Waals surface area (Å²) in [6, 6.07) is 8.27. The van der Waals surface area contributed by atoms with Crippen molar-refractivity contribution >= 4 is 10.1 Å². The quantitative estimate of drug-likeness (QED) is 0.403. The first-order chi connectivity index (χ1) is 8.52. The summed E-state index contributed by atoms with van der Waals surface area (Å²) in [5, 5.41) is 0. The maximum Gasteiger partial charge on any atom is 1.00 e. The molecule has 0 aromatic heterocycles. The van der Waals surface area contributed by atoms with Crippen LogP contribution in [-0.4, -0.2) is 15.0 Å². The SMILES string of the molecule is CC(C)CCCCCOS(=O)(=O)c1ccccc1.[H-].[Na+]. The topological polar surface area (TPSA) is 43.4 Å². The molecule has 0 fully saturated rings. The predicted octanol–water partition coefficient (Wildman–Crippen LogP) is 0.725. The van der Waals surface area contributed by atoms with Gasteiger partial charge in [-0.15, -0.1) is 0 Å². The van der Waals surface area contributed by atoms with Gasteiger partial charge in [-0.2, -0.15) is 8.42 Å². The molecule has 0 unspecified atom stereocenters. The molecule has 0 radical (unpaired) electrons. The average molecular weight is 294 g/mol. The Hall–Kier alpha value is 0.130. The Balaban J connectivity index is 0. The van der Waals surface area contributed by atoms with Gasteiger partial charge < -0.3 is 1.43 Å². The Morgan fingerprint density at radius 3 is 2.32 bits per heavy atom. The minimum atomic E-state index is -3.56. The number of hydrogen-bond donors (Lipinski definition) is 0. The molecule has 3 nitrogen and oxygen atoms in total. The minimum absolute atomic E-state index is 0. The molecule has 0 saturated heterocycles. The zero-order chi connectivity index (χ0) is 13.4. The van der Waals surface area contributed by atoms with Crippen LogP contribution in [0.1, 0.15) is 41.0 Å². The normalized spacial score (nSPS) is 11.3. The van der Waals surface area contributed by atoms with E-state index in [2.05, 4.69) is 13.8 Å². The summed E-state index contributed by atoms with van der Waals surface area (Å²) >= 11 is 0. The first-order valence-electron chi connectivity index (χ1n) is 6.47. The summed E-state index contributed by atoms with van der Waals surface area (Å²) in [6.07, 6.45) is 4.12.